The number of aromatic nitrogens is 3. The molecule has 2 aromatic heterocycles. The van der Waals surface area contributed by atoms with Crippen molar-refractivity contribution >= 4 is 33.5 Å². The number of aliphatic carboxylic acids is 1. The van der Waals surface area contributed by atoms with Crippen molar-refractivity contribution in [2.45, 2.75) is 6.92 Å². The number of fused-ring (bicyclic) bond motifs is 1. The Kier molecular flexibility index (Phi) is 2.46. The molecular formula is C8H8N4O2S. The van der Waals surface area contributed by atoms with Gasteiger partial charge in [-0.1, -0.05) is 0 Å². The average Bonchev–Trinajstić information content (AvgIpc) is 2.61. The number of hydrogen-bond donors (Lipinski definition) is 2. The molecule has 0 amide bonds. The Balaban J connectivity index is 2.39. The zero-order valence-electron chi connectivity index (χ0n) is 7.89. The second kappa shape index (κ2) is 3.77. The number of carboxylic acid groups (broad SMARTS) is 1. The molecule has 15 heavy (non-hydrogen) atoms. The van der Waals surface area contributed by atoms with E-state index in [1.165, 1.54) is 11.5 Å². The third kappa shape index (κ3) is 2.01. The predicted molar refractivity (Wildman–Crippen MR) is 56.1 cm³/mol. The number of aryl methyl sites for hydroxylation is 1. The van der Waals surface area contributed by atoms with Gasteiger partial charge in [0.05, 0.1) is 11.6 Å². The van der Waals surface area contributed by atoms with Crippen molar-refractivity contribution in [3.8, 4) is 0 Å². The number of rotatable bonds is 3. The summed E-state index contributed by atoms with van der Waals surface area (Å²) >= 11 is 1.26. The molecule has 0 fully saturated rings. The molecular weight excluding hydrogens is 216 g/mol. The van der Waals surface area contributed by atoms with Crippen LogP contribution in [0.1, 0.15) is 5.82 Å². The summed E-state index contributed by atoms with van der Waals surface area (Å²) in [5.41, 5.74) is 0. The summed E-state index contributed by atoms with van der Waals surface area (Å²) in [7, 11) is 0. The minimum atomic E-state index is -0.928. The van der Waals surface area contributed by atoms with Crippen LogP contribution < -0.4 is 5.32 Å². The van der Waals surface area contributed by atoms with Crippen LogP contribution in [-0.4, -0.2) is 32.0 Å². The lowest BCUT2D eigenvalue weighted by Gasteiger charge is -2.03. The van der Waals surface area contributed by atoms with Gasteiger partial charge in [-0.15, -0.1) is 0 Å². The van der Waals surface area contributed by atoms with Gasteiger partial charge in [-0.3, -0.25) is 4.79 Å². The number of carboxylic acids is 1. The summed E-state index contributed by atoms with van der Waals surface area (Å²) in [6.45, 7) is 1.59. The van der Waals surface area contributed by atoms with Gasteiger partial charge in [0, 0.05) is 0 Å². The van der Waals surface area contributed by atoms with E-state index in [1.54, 1.807) is 13.1 Å². The lowest BCUT2D eigenvalue weighted by atomic mass is 10.4. The minimum Gasteiger partial charge on any atom is -0.480 e. The fourth-order valence-corrected chi connectivity index (χ4v) is 1.84. The number of anilines is 1. The fraction of sp³-hybridized carbons (Fsp3) is 0.250. The first-order valence-electron chi connectivity index (χ1n) is 4.21. The quantitative estimate of drug-likeness (QED) is 0.805. The van der Waals surface area contributed by atoms with Gasteiger partial charge in [-0.2, -0.15) is 4.37 Å². The maximum Gasteiger partial charge on any atom is 0.322 e. The van der Waals surface area contributed by atoms with Gasteiger partial charge in [-0.05, 0) is 18.5 Å². The van der Waals surface area contributed by atoms with E-state index in [9.17, 15) is 4.79 Å². The second-order valence-electron chi connectivity index (χ2n) is 2.91. The molecule has 6 nitrogen and oxygen atoms in total. The zero-order chi connectivity index (χ0) is 10.8. The molecule has 0 atom stereocenters. The van der Waals surface area contributed by atoms with Crippen LogP contribution in [0.5, 0.6) is 0 Å². The van der Waals surface area contributed by atoms with Crippen molar-refractivity contribution in [3.63, 3.8) is 0 Å². The first-order chi connectivity index (χ1) is 7.16. The molecule has 78 valence electrons. The van der Waals surface area contributed by atoms with Crippen LogP contribution in [-0.2, 0) is 4.79 Å². The lowest BCUT2D eigenvalue weighted by molar-refractivity contribution is -0.134. The van der Waals surface area contributed by atoms with Gasteiger partial charge in [0.2, 0.25) is 0 Å². The predicted octanol–water partition coefficient (Wildman–Crippen LogP) is 0.891. The van der Waals surface area contributed by atoms with Gasteiger partial charge in [-0.25, -0.2) is 9.97 Å². The molecule has 0 unspecified atom stereocenters. The van der Waals surface area contributed by atoms with E-state index in [-0.39, 0.29) is 6.54 Å². The summed E-state index contributed by atoms with van der Waals surface area (Å²) in [4.78, 5) is 19.5. The fourth-order valence-electron chi connectivity index (χ4n) is 1.16. The topological polar surface area (TPSA) is 88.0 Å². The highest BCUT2D eigenvalue weighted by Gasteiger charge is 2.08. The SMILES string of the molecule is Cc1nc(NCC(=O)O)c2cnsc2n1. The maximum absolute atomic E-state index is 10.4. The molecule has 0 aliphatic carbocycles. The molecule has 0 saturated carbocycles. The molecule has 0 aromatic carbocycles. The molecule has 0 saturated heterocycles. The summed E-state index contributed by atoms with van der Waals surface area (Å²) < 4.78 is 3.98. The van der Waals surface area contributed by atoms with E-state index in [2.05, 4.69) is 19.7 Å². The normalized spacial score (nSPS) is 10.5. The van der Waals surface area contributed by atoms with Gasteiger partial charge in [0.25, 0.3) is 0 Å². The van der Waals surface area contributed by atoms with Crippen molar-refractivity contribution in [1.82, 2.24) is 14.3 Å². The van der Waals surface area contributed by atoms with Crippen LogP contribution in [0.25, 0.3) is 10.2 Å². The Labute approximate surface area is 89.2 Å². The van der Waals surface area contributed by atoms with E-state index < -0.39 is 5.97 Å². The Bertz CT molecular complexity index is 510. The van der Waals surface area contributed by atoms with Gasteiger partial charge in [0.15, 0.2) is 0 Å². The second-order valence-corrected chi connectivity index (χ2v) is 3.69. The summed E-state index contributed by atoms with van der Waals surface area (Å²) in [6, 6.07) is 0. The Morgan fingerprint density at radius 3 is 3.13 bits per heavy atom. The van der Waals surface area contributed by atoms with Gasteiger partial charge >= 0.3 is 5.97 Å². The number of nitrogens with zero attached hydrogens (tertiary/aromatic N) is 3. The standard InChI is InChI=1S/C8H8N4O2S/c1-4-11-7(9-3-6(13)14)5-2-10-15-8(5)12-4/h2H,3H2,1H3,(H,13,14)(H,9,11,12). The van der Waals surface area contributed by atoms with Crippen LogP contribution in [0, 0.1) is 6.92 Å². The Morgan fingerprint density at radius 1 is 1.60 bits per heavy atom. The number of nitrogens with one attached hydrogen (secondary N) is 1. The zero-order valence-corrected chi connectivity index (χ0v) is 8.71. The Hall–Kier alpha value is -1.76. The van der Waals surface area contributed by atoms with E-state index >= 15 is 0 Å². The first kappa shape index (κ1) is 9.78. The van der Waals surface area contributed by atoms with Crippen molar-refractivity contribution in [2.24, 2.45) is 0 Å². The highest BCUT2D eigenvalue weighted by molar-refractivity contribution is 7.12. The molecule has 2 heterocycles. The van der Waals surface area contributed by atoms with Crippen LogP contribution in [0.2, 0.25) is 0 Å². The summed E-state index contributed by atoms with van der Waals surface area (Å²) in [6.07, 6.45) is 1.63. The minimum absolute atomic E-state index is 0.165. The lowest BCUT2D eigenvalue weighted by Crippen LogP contribution is -2.13. The van der Waals surface area contributed by atoms with Crippen LogP contribution in [0.3, 0.4) is 0 Å². The third-order valence-corrected chi connectivity index (χ3v) is 2.45. The molecule has 2 rings (SSSR count). The van der Waals surface area contributed by atoms with E-state index in [0.29, 0.717) is 11.6 Å². The summed E-state index contributed by atoms with van der Waals surface area (Å²) in [5, 5.41) is 12.0. The molecule has 0 bridgehead atoms. The molecule has 0 radical (unpaired) electrons. The van der Waals surface area contributed by atoms with E-state index in [0.717, 1.165) is 10.2 Å². The van der Waals surface area contributed by atoms with Crippen LogP contribution in [0.15, 0.2) is 6.20 Å². The van der Waals surface area contributed by atoms with Crippen molar-refractivity contribution in [2.75, 3.05) is 11.9 Å². The van der Waals surface area contributed by atoms with Gasteiger partial charge < -0.3 is 10.4 Å². The van der Waals surface area contributed by atoms with E-state index in [4.69, 9.17) is 5.11 Å². The summed E-state index contributed by atoms with van der Waals surface area (Å²) in [5.74, 6) is 0.191. The molecule has 7 heteroatoms. The first-order valence-corrected chi connectivity index (χ1v) is 4.99. The van der Waals surface area contributed by atoms with Gasteiger partial charge in [0.1, 0.15) is 23.0 Å². The molecule has 0 aliphatic rings. The maximum atomic E-state index is 10.4. The van der Waals surface area contributed by atoms with Crippen molar-refractivity contribution in [1.29, 1.82) is 0 Å². The highest BCUT2D eigenvalue weighted by Crippen LogP contribution is 2.22. The van der Waals surface area contributed by atoms with Crippen molar-refractivity contribution < 1.29 is 9.90 Å². The number of hydrogen-bond acceptors (Lipinski definition) is 6. The Morgan fingerprint density at radius 2 is 2.40 bits per heavy atom. The smallest absolute Gasteiger partial charge is 0.322 e. The van der Waals surface area contributed by atoms with Crippen LogP contribution >= 0.6 is 11.5 Å². The molecule has 0 aliphatic heterocycles. The van der Waals surface area contributed by atoms with Crippen molar-refractivity contribution in [3.05, 3.63) is 12.0 Å². The molecule has 2 aromatic rings. The van der Waals surface area contributed by atoms with E-state index in [1.807, 2.05) is 0 Å². The molecule has 2 N–H and O–H groups in total. The van der Waals surface area contributed by atoms with Crippen LogP contribution in [0.4, 0.5) is 5.82 Å². The largest absolute Gasteiger partial charge is 0.480 e. The monoisotopic (exact) mass is 224 g/mol. The average molecular weight is 224 g/mol. The number of carbonyl (C=O) groups is 1. The third-order valence-electron chi connectivity index (χ3n) is 1.75. The highest BCUT2D eigenvalue weighted by atomic mass is 32.1. The molecule has 0 spiro atoms.